The van der Waals surface area contributed by atoms with Gasteiger partial charge in [0.15, 0.2) is 0 Å². The standard InChI is InChI=1S/C7H6N3/c1-10-7-5-8-3-2-6(7)4-9-10/h2,4-5H,1H3. The molecule has 10 heavy (non-hydrogen) atoms. The Kier molecular flexibility index (Phi) is 0.974. The van der Waals surface area contributed by atoms with Gasteiger partial charge in [-0.25, -0.2) is 0 Å². The fraction of sp³-hybridized carbons (Fsp3) is 0.143. The van der Waals surface area contributed by atoms with Gasteiger partial charge < -0.3 is 0 Å². The van der Waals surface area contributed by atoms with E-state index < -0.39 is 0 Å². The smallest absolute Gasteiger partial charge is 0.0894 e. The van der Waals surface area contributed by atoms with Crippen LogP contribution in [0.25, 0.3) is 10.9 Å². The third-order valence-corrected chi connectivity index (χ3v) is 1.50. The predicted octanol–water partition coefficient (Wildman–Crippen LogP) is 0.768. The van der Waals surface area contributed by atoms with Gasteiger partial charge in [0.25, 0.3) is 0 Å². The van der Waals surface area contributed by atoms with Crippen molar-refractivity contribution < 1.29 is 0 Å². The van der Waals surface area contributed by atoms with E-state index in [4.69, 9.17) is 0 Å². The molecule has 0 amide bonds. The summed E-state index contributed by atoms with van der Waals surface area (Å²) in [5.74, 6) is 0. The number of fused-ring (bicyclic) bond motifs is 1. The average Bonchev–Trinajstić information content (AvgIpc) is 2.34. The molecule has 2 aromatic rings. The van der Waals surface area contributed by atoms with Gasteiger partial charge in [0.1, 0.15) is 0 Å². The van der Waals surface area contributed by atoms with Crippen LogP contribution in [0.5, 0.6) is 0 Å². The summed E-state index contributed by atoms with van der Waals surface area (Å²) >= 11 is 0. The summed E-state index contributed by atoms with van der Waals surface area (Å²) in [5.41, 5.74) is 1.04. The van der Waals surface area contributed by atoms with Crippen LogP contribution in [0.2, 0.25) is 0 Å². The molecule has 2 rings (SSSR count). The van der Waals surface area contributed by atoms with E-state index in [1.54, 1.807) is 17.1 Å². The van der Waals surface area contributed by atoms with Crippen molar-refractivity contribution in [2.75, 3.05) is 0 Å². The average molecular weight is 132 g/mol. The van der Waals surface area contributed by atoms with E-state index in [9.17, 15) is 0 Å². The number of aryl methyl sites for hydroxylation is 1. The Morgan fingerprint density at radius 1 is 1.50 bits per heavy atom. The monoisotopic (exact) mass is 132 g/mol. The van der Waals surface area contributed by atoms with Gasteiger partial charge in [-0.1, -0.05) is 0 Å². The Balaban J connectivity index is 2.93. The van der Waals surface area contributed by atoms with Crippen molar-refractivity contribution in [2.45, 2.75) is 0 Å². The second-order valence-electron chi connectivity index (χ2n) is 2.14. The highest BCUT2D eigenvalue weighted by Gasteiger charge is 1.95. The molecule has 2 aromatic heterocycles. The van der Waals surface area contributed by atoms with Crippen molar-refractivity contribution in [3.05, 3.63) is 24.7 Å². The number of nitrogens with zero attached hydrogens (tertiary/aromatic N) is 3. The minimum absolute atomic E-state index is 1.04. The third-order valence-electron chi connectivity index (χ3n) is 1.50. The molecule has 0 N–H and O–H groups in total. The van der Waals surface area contributed by atoms with Crippen LogP contribution in [0.1, 0.15) is 0 Å². The van der Waals surface area contributed by atoms with Gasteiger partial charge in [0, 0.05) is 12.4 Å². The molecule has 0 spiro atoms. The predicted molar refractivity (Wildman–Crippen MR) is 37.3 cm³/mol. The quantitative estimate of drug-likeness (QED) is 0.530. The maximum absolute atomic E-state index is 4.05. The molecule has 0 fully saturated rings. The van der Waals surface area contributed by atoms with Crippen molar-refractivity contribution in [3.8, 4) is 0 Å². The van der Waals surface area contributed by atoms with E-state index in [-0.39, 0.29) is 0 Å². The van der Waals surface area contributed by atoms with Gasteiger partial charge in [-0.15, -0.1) is 0 Å². The van der Waals surface area contributed by atoms with Gasteiger partial charge in [0.05, 0.1) is 24.1 Å². The summed E-state index contributed by atoms with van der Waals surface area (Å²) in [6, 6.07) is 1.82. The topological polar surface area (TPSA) is 30.7 Å². The van der Waals surface area contributed by atoms with Crippen molar-refractivity contribution in [1.29, 1.82) is 0 Å². The molecule has 0 bridgehead atoms. The number of hydrogen-bond donors (Lipinski definition) is 0. The minimum Gasteiger partial charge on any atom is -0.266 e. The molecule has 0 aliphatic rings. The molecule has 3 nitrogen and oxygen atoms in total. The highest BCUT2D eigenvalue weighted by Crippen LogP contribution is 2.07. The molecule has 1 radical (unpaired) electrons. The summed E-state index contributed by atoms with van der Waals surface area (Å²) in [7, 11) is 1.89. The molecule has 49 valence electrons. The van der Waals surface area contributed by atoms with E-state index in [1.807, 2.05) is 13.1 Å². The lowest BCUT2D eigenvalue weighted by atomic mass is 10.3. The second kappa shape index (κ2) is 1.80. The molecule has 0 atom stereocenters. The normalized spacial score (nSPS) is 10.5. The molecule has 0 saturated heterocycles. The van der Waals surface area contributed by atoms with Crippen LogP contribution < -0.4 is 0 Å². The first-order valence-corrected chi connectivity index (χ1v) is 3.02. The Bertz CT molecular complexity index is 350. The fourth-order valence-corrected chi connectivity index (χ4v) is 0.938. The van der Waals surface area contributed by atoms with E-state index in [0.717, 1.165) is 10.9 Å². The lowest BCUT2D eigenvalue weighted by molar-refractivity contribution is 0.795. The van der Waals surface area contributed by atoms with E-state index >= 15 is 0 Å². The van der Waals surface area contributed by atoms with Gasteiger partial charge in [-0.05, 0) is 6.07 Å². The van der Waals surface area contributed by atoms with Crippen LogP contribution in [0.4, 0.5) is 0 Å². The SMILES string of the molecule is Cn1ncc2c[c]ncc21. The molecule has 2 heterocycles. The minimum atomic E-state index is 1.04. The Morgan fingerprint density at radius 3 is 3.20 bits per heavy atom. The van der Waals surface area contributed by atoms with Crippen molar-refractivity contribution in [3.63, 3.8) is 0 Å². The molecular formula is C7H6N3. The van der Waals surface area contributed by atoms with Crippen molar-refractivity contribution >= 4 is 10.9 Å². The van der Waals surface area contributed by atoms with Crippen LogP contribution in [0, 0.1) is 6.20 Å². The number of rotatable bonds is 0. The first kappa shape index (κ1) is 5.41. The summed E-state index contributed by atoms with van der Waals surface area (Å²) < 4.78 is 1.79. The van der Waals surface area contributed by atoms with Crippen LogP contribution in [-0.2, 0) is 7.05 Å². The molecule has 3 heteroatoms. The summed E-state index contributed by atoms with van der Waals surface area (Å²) in [6.07, 6.45) is 6.30. The number of hydrogen-bond acceptors (Lipinski definition) is 2. The van der Waals surface area contributed by atoms with Gasteiger partial charge >= 0.3 is 0 Å². The zero-order valence-corrected chi connectivity index (χ0v) is 5.57. The summed E-state index contributed by atoms with van der Waals surface area (Å²) in [6.45, 7) is 0. The molecule has 0 aliphatic carbocycles. The zero-order valence-electron chi connectivity index (χ0n) is 5.57. The molecule has 0 aromatic carbocycles. The van der Waals surface area contributed by atoms with Gasteiger partial charge in [-0.3, -0.25) is 9.67 Å². The maximum atomic E-state index is 4.05. The molecular weight excluding hydrogens is 126 g/mol. The summed E-state index contributed by atoms with van der Waals surface area (Å²) in [5, 5.41) is 5.13. The van der Waals surface area contributed by atoms with E-state index in [1.165, 1.54) is 0 Å². The van der Waals surface area contributed by atoms with Crippen LogP contribution in [-0.4, -0.2) is 14.8 Å². The maximum Gasteiger partial charge on any atom is 0.0894 e. The van der Waals surface area contributed by atoms with Crippen molar-refractivity contribution in [2.24, 2.45) is 7.05 Å². The lowest BCUT2D eigenvalue weighted by Gasteiger charge is -1.88. The second-order valence-corrected chi connectivity index (χ2v) is 2.14. The fourth-order valence-electron chi connectivity index (χ4n) is 0.938. The van der Waals surface area contributed by atoms with Crippen LogP contribution >= 0.6 is 0 Å². The van der Waals surface area contributed by atoms with Crippen molar-refractivity contribution in [1.82, 2.24) is 14.8 Å². The largest absolute Gasteiger partial charge is 0.266 e. The third kappa shape index (κ3) is 0.603. The Morgan fingerprint density at radius 2 is 2.40 bits per heavy atom. The Hall–Kier alpha value is -1.38. The first-order valence-electron chi connectivity index (χ1n) is 3.02. The van der Waals surface area contributed by atoms with E-state index in [2.05, 4.69) is 16.3 Å². The number of aromatic nitrogens is 3. The van der Waals surface area contributed by atoms with Gasteiger partial charge in [-0.2, -0.15) is 5.10 Å². The van der Waals surface area contributed by atoms with Gasteiger partial charge in [0.2, 0.25) is 0 Å². The molecule has 0 aliphatic heterocycles. The van der Waals surface area contributed by atoms with Crippen LogP contribution in [0.3, 0.4) is 0 Å². The molecule has 0 saturated carbocycles. The Labute approximate surface area is 58.3 Å². The first-order chi connectivity index (χ1) is 4.88. The zero-order chi connectivity index (χ0) is 6.97. The highest BCUT2D eigenvalue weighted by molar-refractivity contribution is 5.76. The summed E-state index contributed by atoms with van der Waals surface area (Å²) in [4.78, 5) is 3.86. The van der Waals surface area contributed by atoms with E-state index in [0.29, 0.717) is 0 Å². The lowest BCUT2D eigenvalue weighted by Crippen LogP contribution is -1.88. The molecule has 0 unspecified atom stereocenters. The number of pyridine rings is 1. The van der Waals surface area contributed by atoms with Crippen LogP contribution in [0.15, 0.2) is 18.5 Å². The highest BCUT2D eigenvalue weighted by atomic mass is 15.2.